The van der Waals surface area contributed by atoms with Crippen LogP contribution in [-0.4, -0.2) is 39.1 Å². The second-order valence-electron chi connectivity index (χ2n) is 7.79. The summed E-state index contributed by atoms with van der Waals surface area (Å²) in [5, 5.41) is 14.8. The summed E-state index contributed by atoms with van der Waals surface area (Å²) in [5.41, 5.74) is 4.19. The number of nitrogens with zero attached hydrogens (tertiary/aromatic N) is 3. The molecule has 1 unspecified atom stereocenters. The monoisotopic (exact) mass is 456 g/mol. The van der Waals surface area contributed by atoms with E-state index in [1.807, 2.05) is 32.0 Å². The number of aromatic nitrogens is 3. The molecule has 0 aliphatic carbocycles. The van der Waals surface area contributed by atoms with Crippen molar-refractivity contribution in [1.29, 1.82) is 0 Å². The van der Waals surface area contributed by atoms with E-state index >= 15 is 0 Å². The quantitative estimate of drug-likeness (QED) is 0.478. The lowest BCUT2D eigenvalue weighted by atomic mass is 10.1. The van der Waals surface area contributed by atoms with Gasteiger partial charge in [-0.3, -0.25) is 9.36 Å². The zero-order chi connectivity index (χ0) is 21.8. The Hall–Kier alpha value is -2.16. The number of hydrogen-bond acceptors (Lipinski definition) is 6. The smallest absolute Gasteiger partial charge is 0.234 e. The molecule has 8 heteroatoms. The molecule has 0 bridgehead atoms. The Morgan fingerprint density at radius 2 is 2.23 bits per heavy atom. The lowest BCUT2D eigenvalue weighted by Crippen LogP contribution is -2.18. The van der Waals surface area contributed by atoms with Crippen LogP contribution >= 0.6 is 23.1 Å². The predicted octanol–water partition coefficient (Wildman–Crippen LogP) is 5.10. The van der Waals surface area contributed by atoms with Gasteiger partial charge in [-0.25, -0.2) is 0 Å². The fourth-order valence-corrected chi connectivity index (χ4v) is 5.21. The fraction of sp³-hybridized carbons (Fsp3) is 0.435. The Labute approximate surface area is 191 Å². The molecule has 31 heavy (non-hydrogen) atoms. The van der Waals surface area contributed by atoms with E-state index in [4.69, 9.17) is 4.74 Å². The lowest BCUT2D eigenvalue weighted by molar-refractivity contribution is -0.113. The first-order valence-corrected chi connectivity index (χ1v) is 12.5. The summed E-state index contributed by atoms with van der Waals surface area (Å²) in [6, 6.07) is 8.12. The zero-order valence-electron chi connectivity index (χ0n) is 18.2. The Morgan fingerprint density at radius 3 is 2.97 bits per heavy atom. The normalized spacial score (nSPS) is 16.0. The first-order chi connectivity index (χ1) is 15.0. The molecule has 0 saturated carbocycles. The summed E-state index contributed by atoms with van der Waals surface area (Å²) in [6.07, 6.45) is 3.30. The van der Waals surface area contributed by atoms with Gasteiger partial charge in [0.2, 0.25) is 5.91 Å². The number of anilines is 1. The zero-order valence-corrected chi connectivity index (χ0v) is 19.8. The number of carbonyl (C=O) groups excluding carboxylic acids is 1. The van der Waals surface area contributed by atoms with Gasteiger partial charge in [-0.05, 0) is 56.4 Å². The second-order valence-corrected chi connectivity index (χ2v) is 9.73. The van der Waals surface area contributed by atoms with Crippen LogP contribution in [0.15, 0.2) is 34.8 Å². The Kier molecular flexibility index (Phi) is 7.09. The van der Waals surface area contributed by atoms with Crippen LogP contribution in [0.5, 0.6) is 0 Å². The van der Waals surface area contributed by atoms with Crippen molar-refractivity contribution < 1.29 is 9.53 Å². The maximum absolute atomic E-state index is 12.6. The van der Waals surface area contributed by atoms with Crippen molar-refractivity contribution in [2.45, 2.75) is 57.8 Å². The Bertz CT molecular complexity index is 1050. The van der Waals surface area contributed by atoms with Gasteiger partial charge in [-0.2, -0.15) is 0 Å². The van der Waals surface area contributed by atoms with Crippen molar-refractivity contribution in [3.63, 3.8) is 0 Å². The molecule has 1 fully saturated rings. The van der Waals surface area contributed by atoms with E-state index in [2.05, 4.69) is 38.5 Å². The topological polar surface area (TPSA) is 69.0 Å². The van der Waals surface area contributed by atoms with Gasteiger partial charge in [0.15, 0.2) is 11.0 Å². The van der Waals surface area contributed by atoms with Crippen molar-refractivity contribution in [2.75, 3.05) is 17.7 Å². The molecule has 1 N–H and O–H groups in total. The van der Waals surface area contributed by atoms with E-state index in [9.17, 15) is 4.79 Å². The number of carbonyl (C=O) groups is 1. The summed E-state index contributed by atoms with van der Waals surface area (Å²) in [4.78, 5) is 13.9. The van der Waals surface area contributed by atoms with Crippen LogP contribution in [0.2, 0.25) is 0 Å². The minimum Gasteiger partial charge on any atom is -0.376 e. The van der Waals surface area contributed by atoms with E-state index < -0.39 is 0 Å². The van der Waals surface area contributed by atoms with Gasteiger partial charge in [0.1, 0.15) is 0 Å². The van der Waals surface area contributed by atoms with Gasteiger partial charge in [0.05, 0.1) is 18.4 Å². The third-order valence-corrected chi connectivity index (χ3v) is 7.65. The maximum Gasteiger partial charge on any atom is 0.234 e. The number of amides is 1. The number of nitrogens with one attached hydrogen (secondary N) is 1. The van der Waals surface area contributed by atoms with E-state index in [1.54, 1.807) is 11.3 Å². The molecular weight excluding hydrogens is 428 g/mol. The van der Waals surface area contributed by atoms with Gasteiger partial charge in [-0.15, -0.1) is 21.5 Å². The van der Waals surface area contributed by atoms with E-state index in [1.165, 1.54) is 16.6 Å². The molecule has 4 rings (SSSR count). The van der Waals surface area contributed by atoms with Crippen LogP contribution in [-0.2, 0) is 22.5 Å². The van der Waals surface area contributed by atoms with E-state index in [0.717, 1.165) is 59.2 Å². The van der Waals surface area contributed by atoms with Gasteiger partial charge in [0, 0.05) is 28.1 Å². The van der Waals surface area contributed by atoms with Crippen LogP contribution in [0.1, 0.15) is 35.8 Å². The first-order valence-electron chi connectivity index (χ1n) is 10.7. The van der Waals surface area contributed by atoms with Crippen molar-refractivity contribution in [2.24, 2.45) is 0 Å². The summed E-state index contributed by atoms with van der Waals surface area (Å²) in [6.45, 7) is 7.74. The Morgan fingerprint density at radius 1 is 1.35 bits per heavy atom. The van der Waals surface area contributed by atoms with Crippen molar-refractivity contribution in [3.8, 4) is 11.4 Å². The molecule has 0 spiro atoms. The molecule has 1 amide bonds. The third kappa shape index (κ3) is 5.19. The summed E-state index contributed by atoms with van der Waals surface area (Å²) < 4.78 is 7.98. The molecule has 2 aromatic heterocycles. The molecule has 3 aromatic rings. The highest BCUT2D eigenvalue weighted by atomic mass is 32.2. The van der Waals surface area contributed by atoms with Gasteiger partial charge in [0.25, 0.3) is 0 Å². The Balaban J connectivity index is 1.50. The van der Waals surface area contributed by atoms with E-state index in [-0.39, 0.29) is 17.8 Å². The molecule has 6 nitrogen and oxygen atoms in total. The lowest BCUT2D eigenvalue weighted by Gasteiger charge is -2.14. The number of ether oxygens (including phenoxy) is 1. The van der Waals surface area contributed by atoms with Crippen LogP contribution in [0.3, 0.4) is 0 Å². The largest absolute Gasteiger partial charge is 0.376 e. The van der Waals surface area contributed by atoms with Crippen LogP contribution in [0, 0.1) is 13.8 Å². The van der Waals surface area contributed by atoms with Gasteiger partial charge in [-0.1, -0.05) is 30.8 Å². The summed E-state index contributed by atoms with van der Waals surface area (Å²) >= 11 is 3.16. The molecule has 3 heterocycles. The van der Waals surface area contributed by atoms with Crippen molar-refractivity contribution >= 4 is 34.7 Å². The number of aryl methyl sites for hydroxylation is 2. The highest BCUT2D eigenvalue weighted by molar-refractivity contribution is 7.99. The number of rotatable bonds is 8. The van der Waals surface area contributed by atoms with Crippen LogP contribution < -0.4 is 5.32 Å². The molecule has 1 saturated heterocycles. The van der Waals surface area contributed by atoms with E-state index in [0.29, 0.717) is 6.54 Å². The average Bonchev–Trinajstić information content (AvgIpc) is 3.51. The fourth-order valence-electron chi connectivity index (χ4n) is 3.65. The molecule has 0 radical (unpaired) electrons. The SMILES string of the molecule is CCc1cc(-c2nnc(SCC(=O)Nc3cccc(C)c3C)n2CC2CCCO2)cs1. The second kappa shape index (κ2) is 9.97. The molecule has 164 valence electrons. The molecule has 1 aliphatic heterocycles. The number of benzene rings is 1. The third-order valence-electron chi connectivity index (χ3n) is 5.60. The van der Waals surface area contributed by atoms with Gasteiger partial charge < -0.3 is 10.1 Å². The molecule has 1 aliphatic rings. The first kappa shape index (κ1) is 22.0. The minimum absolute atomic E-state index is 0.0456. The summed E-state index contributed by atoms with van der Waals surface area (Å²) in [7, 11) is 0. The molecule has 1 atom stereocenters. The number of thiophene rings is 1. The average molecular weight is 457 g/mol. The maximum atomic E-state index is 12.6. The van der Waals surface area contributed by atoms with Gasteiger partial charge >= 0.3 is 0 Å². The van der Waals surface area contributed by atoms with Crippen LogP contribution in [0.4, 0.5) is 5.69 Å². The summed E-state index contributed by atoms with van der Waals surface area (Å²) in [5.74, 6) is 1.08. The minimum atomic E-state index is -0.0456. The standard InChI is InChI=1S/C23H28N4O2S2/c1-4-19-11-17(13-30-19)22-25-26-23(27(22)12-18-8-6-10-29-18)31-14-21(28)24-20-9-5-7-15(2)16(20)3/h5,7,9,11,13,18H,4,6,8,10,12,14H2,1-3H3,(H,24,28). The van der Waals surface area contributed by atoms with Crippen molar-refractivity contribution in [1.82, 2.24) is 14.8 Å². The highest BCUT2D eigenvalue weighted by Crippen LogP contribution is 2.30. The highest BCUT2D eigenvalue weighted by Gasteiger charge is 2.23. The predicted molar refractivity (Wildman–Crippen MR) is 127 cm³/mol. The molecular formula is C23H28N4O2S2. The number of thioether (sulfide) groups is 1. The molecule has 1 aromatic carbocycles. The number of hydrogen-bond donors (Lipinski definition) is 1. The van der Waals surface area contributed by atoms with Crippen molar-refractivity contribution in [3.05, 3.63) is 45.6 Å². The van der Waals surface area contributed by atoms with Crippen LogP contribution in [0.25, 0.3) is 11.4 Å².